The molecule has 1 aliphatic carbocycles. The maximum Gasteiger partial charge on any atom is 0.296 e. The van der Waals surface area contributed by atoms with Gasteiger partial charge in [0.15, 0.2) is 0 Å². The van der Waals surface area contributed by atoms with Crippen LogP contribution in [0.3, 0.4) is 0 Å². The number of ketones is 1. The molecule has 0 saturated heterocycles. The molecule has 4 rings (SSSR count). The van der Waals surface area contributed by atoms with Crippen LogP contribution < -0.4 is 10.1 Å². The first-order valence-corrected chi connectivity index (χ1v) is 11.3. The molecule has 0 bridgehead atoms. The van der Waals surface area contributed by atoms with Crippen LogP contribution in [-0.4, -0.2) is 40.9 Å². The first-order valence-electron chi connectivity index (χ1n) is 9.82. The van der Waals surface area contributed by atoms with E-state index in [0.717, 1.165) is 3.97 Å². The quantitative estimate of drug-likeness (QED) is 0.455. The maximum absolute atomic E-state index is 13.5. The summed E-state index contributed by atoms with van der Waals surface area (Å²) in [4.78, 5) is 29.6. The third kappa shape index (κ3) is 3.60. The number of rotatable bonds is 6. The summed E-state index contributed by atoms with van der Waals surface area (Å²) >= 11 is 0. The average Bonchev–Trinajstić information content (AvgIpc) is 3.20. The van der Waals surface area contributed by atoms with Gasteiger partial charge in [0.25, 0.3) is 11.7 Å². The number of carbonyl (C=O) groups excluding carboxylic acids is 2. The van der Waals surface area contributed by atoms with Gasteiger partial charge in [0.1, 0.15) is 4.75 Å². The highest BCUT2D eigenvalue weighted by Crippen LogP contribution is 2.33. The van der Waals surface area contributed by atoms with Crippen LogP contribution in [0.15, 0.2) is 73.1 Å². The topological polar surface area (TPSA) is 107 Å². The third-order valence-corrected chi connectivity index (χ3v) is 7.70. The van der Waals surface area contributed by atoms with E-state index >= 15 is 0 Å². The number of Topliss-reactive ketones (excluding diaryl/α,β-unsaturated/α-hetero) is 1. The summed E-state index contributed by atoms with van der Waals surface area (Å²) in [6.45, 7) is 1.63. The highest BCUT2D eigenvalue weighted by molar-refractivity contribution is 7.91. The molecule has 2 aromatic heterocycles. The number of nitrogens with one attached hydrogen (secondary N) is 1. The van der Waals surface area contributed by atoms with E-state index in [1.54, 1.807) is 67.6 Å². The Morgan fingerprint density at radius 1 is 1.16 bits per heavy atom. The molecule has 32 heavy (non-hydrogen) atoms. The van der Waals surface area contributed by atoms with Crippen molar-refractivity contribution in [1.82, 2.24) is 8.96 Å². The van der Waals surface area contributed by atoms with Crippen molar-refractivity contribution in [1.29, 1.82) is 0 Å². The van der Waals surface area contributed by atoms with Gasteiger partial charge in [0.05, 0.1) is 30.1 Å². The molecule has 1 aromatic carbocycles. The highest BCUT2D eigenvalue weighted by atomic mass is 32.2. The van der Waals surface area contributed by atoms with Gasteiger partial charge in [-0.1, -0.05) is 42.5 Å². The Labute approximate surface area is 185 Å². The summed E-state index contributed by atoms with van der Waals surface area (Å²) in [5.74, 6) is -1.39. The summed E-state index contributed by atoms with van der Waals surface area (Å²) in [6.07, 6.45) is 9.78. The number of fused-ring (bicyclic) bond motifs is 1. The molecule has 1 N–H and O–H groups in total. The minimum atomic E-state index is -3.92. The number of ether oxygens (including phenoxy) is 1. The molecule has 1 unspecified atom stereocenters. The van der Waals surface area contributed by atoms with Gasteiger partial charge in [-0.2, -0.15) is 0 Å². The molecule has 1 atom stereocenters. The van der Waals surface area contributed by atoms with E-state index in [2.05, 4.69) is 10.3 Å². The van der Waals surface area contributed by atoms with Crippen LogP contribution in [0, 0.1) is 0 Å². The normalized spacial score (nSPS) is 17.9. The summed E-state index contributed by atoms with van der Waals surface area (Å²) in [7, 11) is -2.46. The van der Waals surface area contributed by atoms with Crippen molar-refractivity contribution in [3.05, 3.63) is 78.7 Å². The van der Waals surface area contributed by atoms with Crippen LogP contribution in [0.1, 0.15) is 23.7 Å². The number of anilines is 1. The van der Waals surface area contributed by atoms with Crippen LogP contribution in [0.4, 0.5) is 5.69 Å². The minimum Gasteiger partial charge on any atom is -0.481 e. The van der Waals surface area contributed by atoms with Gasteiger partial charge in [-0.3, -0.25) is 9.59 Å². The second-order valence-electron chi connectivity index (χ2n) is 7.54. The molecule has 0 spiro atoms. The number of pyridine rings is 1. The first-order chi connectivity index (χ1) is 15.3. The fourth-order valence-corrected chi connectivity index (χ4v) is 5.21. The summed E-state index contributed by atoms with van der Waals surface area (Å²) in [5.41, 5.74) is 0.646. The number of benzene rings is 1. The minimum absolute atomic E-state index is 0.00192. The fourth-order valence-electron chi connectivity index (χ4n) is 3.54. The lowest BCUT2D eigenvalue weighted by atomic mass is 10.0. The first kappa shape index (κ1) is 21.5. The Morgan fingerprint density at radius 3 is 2.59 bits per heavy atom. The number of aromatic nitrogens is 2. The van der Waals surface area contributed by atoms with Crippen LogP contribution in [0.5, 0.6) is 5.88 Å². The van der Waals surface area contributed by atoms with Crippen molar-refractivity contribution in [3.63, 3.8) is 0 Å². The predicted molar refractivity (Wildman–Crippen MR) is 121 cm³/mol. The molecule has 1 aliphatic rings. The highest BCUT2D eigenvalue weighted by Gasteiger charge is 2.39. The van der Waals surface area contributed by atoms with E-state index in [0.29, 0.717) is 28.9 Å². The van der Waals surface area contributed by atoms with Crippen LogP contribution in [-0.2, 0) is 14.8 Å². The van der Waals surface area contributed by atoms with Gasteiger partial charge in [-0.05, 0) is 25.5 Å². The second-order valence-corrected chi connectivity index (χ2v) is 9.81. The SMILES string of the molecule is COc1ccc(NC(=O)C(=O)c2cn(S(=O)(=O)C3(C)C=CC=CC3)c3ccccc23)cn1. The van der Waals surface area contributed by atoms with Crippen LogP contribution in [0.25, 0.3) is 10.9 Å². The Morgan fingerprint density at radius 2 is 1.94 bits per heavy atom. The van der Waals surface area contributed by atoms with E-state index < -0.39 is 26.5 Å². The zero-order chi connectivity index (χ0) is 22.9. The summed E-state index contributed by atoms with van der Waals surface area (Å²) in [6, 6.07) is 9.70. The van der Waals surface area contributed by atoms with Crippen molar-refractivity contribution in [2.75, 3.05) is 12.4 Å². The molecule has 0 fully saturated rings. The lowest BCUT2D eigenvalue weighted by Crippen LogP contribution is -2.37. The van der Waals surface area contributed by atoms with E-state index in [-0.39, 0.29) is 5.56 Å². The largest absolute Gasteiger partial charge is 0.481 e. The van der Waals surface area contributed by atoms with Gasteiger partial charge >= 0.3 is 0 Å². The molecular weight excluding hydrogens is 430 g/mol. The second kappa shape index (κ2) is 8.08. The number of carbonyl (C=O) groups is 2. The molecule has 8 nitrogen and oxygen atoms in total. The molecule has 9 heteroatoms. The summed E-state index contributed by atoms with van der Waals surface area (Å²) in [5, 5.41) is 2.87. The van der Waals surface area contributed by atoms with Crippen molar-refractivity contribution in [2.24, 2.45) is 0 Å². The molecule has 0 aliphatic heterocycles. The Hall–Kier alpha value is -3.72. The smallest absolute Gasteiger partial charge is 0.296 e. The van der Waals surface area contributed by atoms with Gasteiger partial charge in [-0.15, -0.1) is 0 Å². The Kier molecular flexibility index (Phi) is 5.43. The van der Waals surface area contributed by atoms with Gasteiger partial charge in [0.2, 0.25) is 15.9 Å². The number of allylic oxidation sites excluding steroid dienone is 3. The molecule has 3 aromatic rings. The zero-order valence-electron chi connectivity index (χ0n) is 17.5. The van der Waals surface area contributed by atoms with Crippen molar-refractivity contribution in [3.8, 4) is 5.88 Å². The van der Waals surface area contributed by atoms with Gasteiger partial charge < -0.3 is 10.1 Å². The Bertz CT molecular complexity index is 1370. The zero-order valence-corrected chi connectivity index (χ0v) is 18.3. The third-order valence-electron chi connectivity index (χ3n) is 5.40. The number of amides is 1. The summed E-state index contributed by atoms with van der Waals surface area (Å²) < 4.78 is 31.9. The molecule has 164 valence electrons. The van der Waals surface area contributed by atoms with E-state index in [9.17, 15) is 18.0 Å². The predicted octanol–water partition coefficient (Wildman–Crippen LogP) is 3.32. The molecular formula is C23H21N3O5S. The molecule has 0 saturated carbocycles. The number of methoxy groups -OCH3 is 1. The average molecular weight is 452 g/mol. The molecule has 1 amide bonds. The monoisotopic (exact) mass is 451 g/mol. The number of hydrogen-bond donors (Lipinski definition) is 1. The molecule has 2 heterocycles. The lowest BCUT2D eigenvalue weighted by Gasteiger charge is -2.27. The van der Waals surface area contributed by atoms with Crippen molar-refractivity contribution in [2.45, 2.75) is 18.1 Å². The van der Waals surface area contributed by atoms with Gasteiger partial charge in [0, 0.05) is 17.6 Å². The van der Waals surface area contributed by atoms with Gasteiger partial charge in [-0.25, -0.2) is 17.4 Å². The maximum atomic E-state index is 13.5. The Balaban J connectivity index is 1.72. The fraction of sp³-hybridized carbons (Fsp3) is 0.174. The number of nitrogens with zero attached hydrogens (tertiary/aromatic N) is 2. The molecule has 0 radical (unpaired) electrons. The van der Waals surface area contributed by atoms with Crippen LogP contribution >= 0.6 is 0 Å². The standard InChI is InChI=1S/C23H21N3O5S/c1-23(12-6-3-7-13-23)32(29,30)26-15-18(17-8-4-5-9-19(17)26)21(27)22(28)25-16-10-11-20(31-2)24-14-16/h3-12,14-15H,13H2,1-2H3,(H,25,28). The number of para-hydroxylation sites is 1. The lowest BCUT2D eigenvalue weighted by molar-refractivity contribution is -0.112. The van der Waals surface area contributed by atoms with E-state index in [1.807, 2.05) is 0 Å². The van der Waals surface area contributed by atoms with Crippen LogP contribution in [0.2, 0.25) is 0 Å². The van der Waals surface area contributed by atoms with E-state index in [4.69, 9.17) is 4.74 Å². The van der Waals surface area contributed by atoms with Crippen molar-refractivity contribution < 1.29 is 22.7 Å². The number of hydrogen-bond acceptors (Lipinski definition) is 6. The van der Waals surface area contributed by atoms with E-state index in [1.165, 1.54) is 19.5 Å². The van der Waals surface area contributed by atoms with Crippen molar-refractivity contribution >= 4 is 38.3 Å².